The summed E-state index contributed by atoms with van der Waals surface area (Å²) in [4.78, 5) is 13.0. The number of halogens is 1. The zero-order valence-electron chi connectivity index (χ0n) is 15.4. The van der Waals surface area contributed by atoms with E-state index in [0.29, 0.717) is 17.2 Å². The Morgan fingerprint density at radius 1 is 1.11 bits per heavy atom. The molecule has 0 saturated heterocycles. The summed E-state index contributed by atoms with van der Waals surface area (Å²) in [6, 6.07) is 15.6. The van der Waals surface area contributed by atoms with Gasteiger partial charge in [0.25, 0.3) is 0 Å². The average Bonchev–Trinajstić information content (AvgIpc) is 2.68. The van der Waals surface area contributed by atoms with Gasteiger partial charge >= 0.3 is 0 Å². The number of hydrogen-bond donors (Lipinski definition) is 0. The highest BCUT2D eigenvalue weighted by Crippen LogP contribution is 2.37. The Morgan fingerprint density at radius 3 is 2.67 bits per heavy atom. The predicted octanol–water partition coefficient (Wildman–Crippen LogP) is 5.34. The molecule has 140 valence electrons. The molecule has 0 radical (unpaired) electrons. The molecule has 0 spiro atoms. The summed E-state index contributed by atoms with van der Waals surface area (Å²) in [5.74, 6) is 0.0879. The van der Waals surface area contributed by atoms with E-state index in [1.165, 1.54) is 11.1 Å². The average molecular weight is 383 g/mol. The third-order valence-electron chi connectivity index (χ3n) is 5.60. The van der Waals surface area contributed by atoms with Crippen LogP contribution < -0.4 is 0 Å². The van der Waals surface area contributed by atoms with Crippen LogP contribution in [0.15, 0.2) is 54.8 Å². The van der Waals surface area contributed by atoms with Gasteiger partial charge in [-0.3, -0.25) is 4.79 Å². The van der Waals surface area contributed by atoms with Gasteiger partial charge in [-0.25, -0.2) is 0 Å². The van der Waals surface area contributed by atoms with Crippen LogP contribution in [0.25, 0.3) is 5.57 Å². The molecule has 3 nitrogen and oxygen atoms in total. The lowest BCUT2D eigenvalue weighted by Gasteiger charge is -2.37. The molecule has 1 saturated carbocycles. The van der Waals surface area contributed by atoms with E-state index < -0.39 is 0 Å². The Hall–Kier alpha value is -2.10. The highest BCUT2D eigenvalue weighted by molar-refractivity contribution is 6.30. The fourth-order valence-corrected chi connectivity index (χ4v) is 4.05. The van der Waals surface area contributed by atoms with E-state index in [4.69, 9.17) is 21.1 Å². The Balaban J connectivity index is 1.40. The second-order valence-electron chi connectivity index (χ2n) is 7.36. The van der Waals surface area contributed by atoms with Crippen LogP contribution in [0.1, 0.15) is 36.0 Å². The number of benzene rings is 2. The van der Waals surface area contributed by atoms with Gasteiger partial charge in [0.15, 0.2) is 5.78 Å². The standard InChI is InChI=1S/C23H23ClO3/c1-15-4-2-3-5-17(15)13-26-19-10-11-20-22(12-19)27-14-21(23(20)25)16-6-8-18(24)9-7-16/h2-9,14,19-20,22H,10-13H2,1H3. The second-order valence-corrected chi connectivity index (χ2v) is 7.79. The minimum absolute atomic E-state index is 0.0843. The first-order valence-corrected chi connectivity index (χ1v) is 9.81. The molecule has 0 aromatic heterocycles. The molecule has 3 atom stereocenters. The molecular formula is C23H23ClO3. The molecule has 27 heavy (non-hydrogen) atoms. The first-order chi connectivity index (χ1) is 13.1. The van der Waals surface area contributed by atoms with Crippen molar-refractivity contribution in [2.45, 2.75) is 45.0 Å². The van der Waals surface area contributed by atoms with E-state index >= 15 is 0 Å². The van der Waals surface area contributed by atoms with Crippen molar-refractivity contribution < 1.29 is 14.3 Å². The molecule has 4 heteroatoms. The fraction of sp³-hybridized carbons (Fsp3) is 0.348. The van der Waals surface area contributed by atoms with Crippen molar-refractivity contribution in [2.24, 2.45) is 5.92 Å². The van der Waals surface area contributed by atoms with Gasteiger partial charge in [-0.15, -0.1) is 0 Å². The highest BCUT2D eigenvalue weighted by Gasteiger charge is 2.40. The van der Waals surface area contributed by atoms with Crippen LogP contribution >= 0.6 is 11.6 Å². The number of fused-ring (bicyclic) bond motifs is 1. The van der Waals surface area contributed by atoms with E-state index in [2.05, 4.69) is 19.1 Å². The van der Waals surface area contributed by atoms with Crippen molar-refractivity contribution in [3.05, 3.63) is 76.5 Å². The number of ether oxygens (including phenoxy) is 2. The van der Waals surface area contributed by atoms with Gasteiger partial charge in [0, 0.05) is 11.4 Å². The summed E-state index contributed by atoms with van der Waals surface area (Å²) in [7, 11) is 0. The first-order valence-electron chi connectivity index (χ1n) is 9.43. The van der Waals surface area contributed by atoms with E-state index in [-0.39, 0.29) is 23.9 Å². The minimum atomic E-state index is -0.0934. The number of ketones is 1. The fourth-order valence-electron chi connectivity index (χ4n) is 3.93. The molecule has 0 amide bonds. The van der Waals surface area contributed by atoms with Gasteiger partial charge in [-0.2, -0.15) is 0 Å². The van der Waals surface area contributed by atoms with Gasteiger partial charge in [0.2, 0.25) is 0 Å². The molecule has 1 fully saturated rings. The molecule has 1 heterocycles. The van der Waals surface area contributed by atoms with E-state index in [9.17, 15) is 4.79 Å². The number of carbonyl (C=O) groups excluding carboxylic acids is 1. The third-order valence-corrected chi connectivity index (χ3v) is 5.85. The quantitative estimate of drug-likeness (QED) is 0.715. The molecule has 2 aromatic carbocycles. The SMILES string of the molecule is Cc1ccccc1COC1CCC2C(=O)C(c3ccc(Cl)cc3)=COC2C1. The number of aryl methyl sites for hydroxylation is 1. The molecule has 1 aliphatic carbocycles. The van der Waals surface area contributed by atoms with Crippen molar-refractivity contribution in [3.63, 3.8) is 0 Å². The van der Waals surface area contributed by atoms with Gasteiger partial charge in [-0.05, 0) is 48.6 Å². The number of allylic oxidation sites excluding steroid dienone is 1. The lowest BCUT2D eigenvalue weighted by molar-refractivity contribution is -0.128. The number of Topliss-reactive ketones (excluding diaryl/α,β-unsaturated/α-hetero) is 1. The molecule has 0 bridgehead atoms. The summed E-state index contributed by atoms with van der Waals surface area (Å²) < 4.78 is 12.1. The lowest BCUT2D eigenvalue weighted by atomic mass is 9.78. The number of rotatable bonds is 4. The maximum atomic E-state index is 13.0. The summed E-state index contributed by atoms with van der Waals surface area (Å²) >= 11 is 5.95. The smallest absolute Gasteiger partial charge is 0.173 e. The Bertz CT molecular complexity index is 856. The second kappa shape index (κ2) is 7.87. The van der Waals surface area contributed by atoms with Crippen molar-refractivity contribution in [1.82, 2.24) is 0 Å². The first kappa shape index (κ1) is 18.3. The zero-order valence-corrected chi connectivity index (χ0v) is 16.1. The minimum Gasteiger partial charge on any atom is -0.496 e. The van der Waals surface area contributed by atoms with Crippen LogP contribution in [0.4, 0.5) is 0 Å². The van der Waals surface area contributed by atoms with Crippen LogP contribution in [0.5, 0.6) is 0 Å². The largest absolute Gasteiger partial charge is 0.496 e. The normalized spacial score (nSPS) is 24.7. The van der Waals surface area contributed by atoms with Crippen molar-refractivity contribution in [1.29, 1.82) is 0 Å². The van der Waals surface area contributed by atoms with Gasteiger partial charge < -0.3 is 9.47 Å². The molecule has 1 aliphatic heterocycles. The third kappa shape index (κ3) is 3.95. The van der Waals surface area contributed by atoms with Crippen LogP contribution in [-0.4, -0.2) is 18.0 Å². The van der Waals surface area contributed by atoms with E-state index in [1.54, 1.807) is 18.4 Å². The zero-order chi connectivity index (χ0) is 18.8. The Kier molecular flexibility index (Phi) is 5.33. The monoisotopic (exact) mass is 382 g/mol. The summed E-state index contributed by atoms with van der Waals surface area (Å²) in [5.41, 5.74) is 3.96. The van der Waals surface area contributed by atoms with Crippen molar-refractivity contribution >= 4 is 23.0 Å². The van der Waals surface area contributed by atoms with E-state index in [0.717, 1.165) is 24.8 Å². The summed E-state index contributed by atoms with van der Waals surface area (Å²) in [5, 5.41) is 0.660. The Labute approximate surface area is 164 Å². The molecular weight excluding hydrogens is 360 g/mol. The number of carbonyl (C=O) groups is 1. The molecule has 2 aromatic rings. The van der Waals surface area contributed by atoms with Crippen LogP contribution in [0.3, 0.4) is 0 Å². The maximum Gasteiger partial charge on any atom is 0.173 e. The Morgan fingerprint density at radius 2 is 1.89 bits per heavy atom. The topological polar surface area (TPSA) is 35.5 Å². The van der Waals surface area contributed by atoms with Gasteiger partial charge in [0.1, 0.15) is 6.10 Å². The van der Waals surface area contributed by atoms with Crippen LogP contribution in [-0.2, 0) is 20.9 Å². The van der Waals surface area contributed by atoms with E-state index in [1.807, 2.05) is 24.3 Å². The molecule has 0 N–H and O–H groups in total. The van der Waals surface area contributed by atoms with Crippen LogP contribution in [0, 0.1) is 12.8 Å². The number of hydrogen-bond acceptors (Lipinski definition) is 3. The maximum absolute atomic E-state index is 13.0. The molecule has 3 unspecified atom stereocenters. The summed E-state index contributed by atoms with van der Waals surface area (Å²) in [6.07, 6.45) is 4.10. The van der Waals surface area contributed by atoms with Gasteiger partial charge in [-0.1, -0.05) is 48.0 Å². The predicted molar refractivity (Wildman–Crippen MR) is 106 cm³/mol. The molecule has 2 aliphatic rings. The molecule has 4 rings (SSSR count). The summed E-state index contributed by atoms with van der Waals surface area (Å²) in [6.45, 7) is 2.70. The van der Waals surface area contributed by atoms with Crippen molar-refractivity contribution in [2.75, 3.05) is 0 Å². The highest BCUT2D eigenvalue weighted by atomic mass is 35.5. The van der Waals surface area contributed by atoms with Crippen molar-refractivity contribution in [3.8, 4) is 0 Å². The van der Waals surface area contributed by atoms with Crippen LogP contribution in [0.2, 0.25) is 5.02 Å². The lowest BCUT2D eigenvalue weighted by Crippen LogP contribution is -2.41. The van der Waals surface area contributed by atoms with Gasteiger partial charge in [0.05, 0.1) is 30.5 Å².